The van der Waals surface area contributed by atoms with Crippen LogP contribution in [0.1, 0.15) is 37.0 Å². The molecular formula is C22H28N4O5. The highest BCUT2D eigenvalue weighted by Gasteiger charge is 2.40. The van der Waals surface area contributed by atoms with Crippen LogP contribution in [-0.2, 0) is 23.1 Å². The Bertz CT molecular complexity index is 935. The highest BCUT2D eigenvalue weighted by molar-refractivity contribution is 5.99. The number of hydrogen-bond donors (Lipinski definition) is 0. The number of imidazole rings is 1. The van der Waals surface area contributed by atoms with Crippen molar-refractivity contribution >= 4 is 18.0 Å². The first-order valence-electron chi connectivity index (χ1n) is 10.1. The lowest BCUT2D eigenvalue weighted by Gasteiger charge is -2.40. The van der Waals surface area contributed by atoms with E-state index in [1.54, 1.807) is 38.6 Å². The third-order valence-corrected chi connectivity index (χ3v) is 4.82. The van der Waals surface area contributed by atoms with E-state index in [4.69, 9.17) is 9.47 Å². The van der Waals surface area contributed by atoms with Gasteiger partial charge in [-0.2, -0.15) is 0 Å². The van der Waals surface area contributed by atoms with Crippen molar-refractivity contribution in [3.8, 4) is 0 Å². The summed E-state index contributed by atoms with van der Waals surface area (Å²) >= 11 is 0. The second-order valence-electron chi connectivity index (χ2n) is 8.40. The molecule has 1 aromatic heterocycles. The SMILES string of the molecule is Cn1ccnc1C(=O)C1CN(C(=O)OCc2ccccc2)CCN1C(=O)OC(C)(C)C. The molecular weight excluding hydrogens is 400 g/mol. The summed E-state index contributed by atoms with van der Waals surface area (Å²) in [6, 6.07) is 8.42. The number of nitrogens with zero attached hydrogens (tertiary/aromatic N) is 4. The van der Waals surface area contributed by atoms with Gasteiger partial charge in [0, 0.05) is 32.5 Å². The zero-order valence-corrected chi connectivity index (χ0v) is 18.3. The molecule has 0 N–H and O–H groups in total. The Balaban J connectivity index is 1.75. The molecule has 1 aromatic carbocycles. The Labute approximate surface area is 181 Å². The lowest BCUT2D eigenvalue weighted by Crippen LogP contribution is -2.60. The summed E-state index contributed by atoms with van der Waals surface area (Å²) in [5.41, 5.74) is 0.156. The predicted molar refractivity (Wildman–Crippen MR) is 112 cm³/mol. The van der Waals surface area contributed by atoms with Crippen LogP contribution in [0.25, 0.3) is 0 Å². The number of rotatable bonds is 4. The van der Waals surface area contributed by atoms with Crippen LogP contribution in [0.2, 0.25) is 0 Å². The standard InChI is InChI=1S/C22H28N4O5/c1-22(2,3)31-21(29)26-13-12-25(20(28)30-15-16-8-6-5-7-9-16)14-17(26)18(27)19-23-10-11-24(19)4/h5-11,17H,12-15H2,1-4H3. The molecule has 0 bridgehead atoms. The van der Waals surface area contributed by atoms with Crippen molar-refractivity contribution < 1.29 is 23.9 Å². The van der Waals surface area contributed by atoms with Gasteiger partial charge in [-0.3, -0.25) is 9.69 Å². The van der Waals surface area contributed by atoms with E-state index in [9.17, 15) is 14.4 Å². The van der Waals surface area contributed by atoms with E-state index in [1.807, 2.05) is 30.3 Å². The number of hydrogen-bond acceptors (Lipinski definition) is 6. The minimum atomic E-state index is -0.922. The summed E-state index contributed by atoms with van der Waals surface area (Å²) in [7, 11) is 1.70. The molecule has 1 aliphatic rings. The number of benzene rings is 1. The van der Waals surface area contributed by atoms with Crippen molar-refractivity contribution in [1.82, 2.24) is 19.4 Å². The first kappa shape index (κ1) is 22.3. The van der Waals surface area contributed by atoms with Gasteiger partial charge in [-0.05, 0) is 26.3 Å². The van der Waals surface area contributed by atoms with Crippen molar-refractivity contribution in [2.45, 2.75) is 39.0 Å². The average molecular weight is 428 g/mol. The Morgan fingerprint density at radius 1 is 1.10 bits per heavy atom. The van der Waals surface area contributed by atoms with Crippen LogP contribution in [0.4, 0.5) is 9.59 Å². The van der Waals surface area contributed by atoms with Crippen molar-refractivity contribution in [2.24, 2.45) is 7.05 Å². The first-order valence-corrected chi connectivity index (χ1v) is 10.1. The molecule has 2 aromatic rings. The molecule has 1 aliphatic heterocycles. The molecule has 0 radical (unpaired) electrons. The van der Waals surface area contributed by atoms with Gasteiger partial charge in [0.1, 0.15) is 18.2 Å². The van der Waals surface area contributed by atoms with Crippen molar-refractivity contribution in [2.75, 3.05) is 19.6 Å². The minimum Gasteiger partial charge on any atom is -0.445 e. The molecule has 31 heavy (non-hydrogen) atoms. The summed E-state index contributed by atoms with van der Waals surface area (Å²) in [5.74, 6) is -0.156. The number of ketones is 1. The summed E-state index contributed by atoms with van der Waals surface area (Å²) in [6.07, 6.45) is 2.03. The molecule has 0 saturated carbocycles. The van der Waals surface area contributed by atoms with E-state index >= 15 is 0 Å². The first-order chi connectivity index (χ1) is 14.7. The van der Waals surface area contributed by atoms with Crippen molar-refractivity contribution in [3.63, 3.8) is 0 Å². The maximum absolute atomic E-state index is 13.2. The van der Waals surface area contributed by atoms with Gasteiger partial charge < -0.3 is 18.9 Å². The van der Waals surface area contributed by atoms with Crippen LogP contribution in [-0.4, -0.2) is 68.6 Å². The number of aromatic nitrogens is 2. The quantitative estimate of drug-likeness (QED) is 0.695. The Morgan fingerprint density at radius 2 is 1.81 bits per heavy atom. The molecule has 1 unspecified atom stereocenters. The third kappa shape index (κ3) is 5.62. The van der Waals surface area contributed by atoms with Gasteiger partial charge in [-0.1, -0.05) is 30.3 Å². The maximum Gasteiger partial charge on any atom is 0.411 e. The van der Waals surface area contributed by atoms with Crippen LogP contribution >= 0.6 is 0 Å². The molecule has 2 amide bonds. The van der Waals surface area contributed by atoms with Crippen LogP contribution in [0.15, 0.2) is 42.7 Å². The molecule has 1 saturated heterocycles. The number of piperazine rings is 1. The van der Waals surface area contributed by atoms with Gasteiger partial charge in [-0.15, -0.1) is 0 Å². The Morgan fingerprint density at radius 3 is 2.42 bits per heavy atom. The molecule has 9 heteroatoms. The molecule has 2 heterocycles. The fourth-order valence-corrected chi connectivity index (χ4v) is 3.27. The maximum atomic E-state index is 13.2. The molecule has 1 atom stereocenters. The molecule has 9 nitrogen and oxygen atoms in total. The van der Waals surface area contributed by atoms with Gasteiger partial charge in [0.2, 0.25) is 5.78 Å². The zero-order chi connectivity index (χ0) is 22.6. The summed E-state index contributed by atoms with van der Waals surface area (Å²) in [4.78, 5) is 45.5. The second-order valence-corrected chi connectivity index (χ2v) is 8.40. The second kappa shape index (κ2) is 9.20. The number of ether oxygens (including phenoxy) is 2. The fraction of sp³-hybridized carbons (Fsp3) is 0.455. The zero-order valence-electron chi connectivity index (χ0n) is 18.3. The molecule has 3 rings (SSSR count). The lowest BCUT2D eigenvalue weighted by atomic mass is 10.1. The third-order valence-electron chi connectivity index (χ3n) is 4.82. The number of amides is 2. The van der Waals surface area contributed by atoms with E-state index in [1.165, 1.54) is 16.0 Å². The van der Waals surface area contributed by atoms with Gasteiger partial charge in [0.05, 0.1) is 6.54 Å². The van der Waals surface area contributed by atoms with E-state index in [2.05, 4.69) is 4.98 Å². The molecule has 0 aliphatic carbocycles. The van der Waals surface area contributed by atoms with E-state index < -0.39 is 23.8 Å². The van der Waals surface area contributed by atoms with Crippen LogP contribution in [0.3, 0.4) is 0 Å². The molecule has 1 fully saturated rings. The normalized spacial score (nSPS) is 16.7. The van der Waals surface area contributed by atoms with Crippen molar-refractivity contribution in [1.29, 1.82) is 0 Å². The Hall–Kier alpha value is -3.36. The Kier molecular flexibility index (Phi) is 6.62. The van der Waals surface area contributed by atoms with Gasteiger partial charge in [0.25, 0.3) is 0 Å². The summed E-state index contributed by atoms with van der Waals surface area (Å²) < 4.78 is 12.5. The minimum absolute atomic E-state index is 0.00143. The average Bonchev–Trinajstić information content (AvgIpc) is 3.16. The predicted octanol–water partition coefficient (Wildman–Crippen LogP) is 2.86. The summed E-state index contributed by atoms with van der Waals surface area (Å²) in [6.45, 7) is 5.79. The monoisotopic (exact) mass is 428 g/mol. The topological polar surface area (TPSA) is 94.0 Å². The number of carbonyl (C=O) groups excluding carboxylic acids is 3. The smallest absolute Gasteiger partial charge is 0.411 e. The highest BCUT2D eigenvalue weighted by atomic mass is 16.6. The highest BCUT2D eigenvalue weighted by Crippen LogP contribution is 2.19. The number of carbonyl (C=O) groups is 3. The number of aryl methyl sites for hydroxylation is 1. The van der Waals surface area contributed by atoms with Crippen molar-refractivity contribution in [3.05, 3.63) is 54.1 Å². The van der Waals surface area contributed by atoms with Gasteiger partial charge >= 0.3 is 12.2 Å². The molecule has 166 valence electrons. The van der Waals surface area contributed by atoms with Gasteiger partial charge in [0.15, 0.2) is 5.82 Å². The van der Waals surface area contributed by atoms with Gasteiger partial charge in [-0.25, -0.2) is 14.6 Å². The van der Waals surface area contributed by atoms with E-state index in [-0.39, 0.29) is 37.8 Å². The van der Waals surface area contributed by atoms with E-state index in [0.29, 0.717) is 0 Å². The van der Waals surface area contributed by atoms with Crippen LogP contribution in [0.5, 0.6) is 0 Å². The number of Topliss-reactive ketones (excluding diaryl/α,β-unsaturated/α-hetero) is 1. The van der Waals surface area contributed by atoms with Crippen LogP contribution < -0.4 is 0 Å². The lowest BCUT2D eigenvalue weighted by molar-refractivity contribution is -0.00136. The van der Waals surface area contributed by atoms with E-state index in [0.717, 1.165) is 5.56 Å². The molecule has 0 spiro atoms. The van der Waals surface area contributed by atoms with Crippen LogP contribution in [0, 0.1) is 0 Å². The fourth-order valence-electron chi connectivity index (χ4n) is 3.27. The largest absolute Gasteiger partial charge is 0.445 e. The summed E-state index contributed by atoms with van der Waals surface area (Å²) in [5, 5.41) is 0.